The van der Waals surface area contributed by atoms with Gasteiger partial charge in [0.15, 0.2) is 5.78 Å². The van der Waals surface area contributed by atoms with Crippen molar-refractivity contribution in [3.63, 3.8) is 0 Å². The van der Waals surface area contributed by atoms with Gasteiger partial charge in [0, 0.05) is 35.6 Å². The molecule has 1 aliphatic heterocycles. The number of hydrogen-bond acceptors (Lipinski definition) is 3. The summed E-state index contributed by atoms with van der Waals surface area (Å²) in [6.45, 7) is 0.853. The quantitative estimate of drug-likeness (QED) is 0.897. The molecule has 0 unspecified atom stereocenters. The predicted molar refractivity (Wildman–Crippen MR) is 69.7 cm³/mol. The zero-order valence-corrected chi connectivity index (χ0v) is 10.4. The summed E-state index contributed by atoms with van der Waals surface area (Å²) < 4.78 is 5.24. The van der Waals surface area contributed by atoms with Crippen LogP contribution in [0.15, 0.2) is 30.5 Å². The van der Waals surface area contributed by atoms with Crippen LogP contribution in [0.1, 0.15) is 12.0 Å². The first-order valence-electron chi connectivity index (χ1n) is 6.22. The molecular formula is C14H14N2O3. The van der Waals surface area contributed by atoms with Crippen molar-refractivity contribution in [1.82, 2.24) is 9.88 Å². The van der Waals surface area contributed by atoms with E-state index in [-0.39, 0.29) is 18.9 Å². The second-order valence-electron chi connectivity index (χ2n) is 4.62. The summed E-state index contributed by atoms with van der Waals surface area (Å²) in [7, 11) is 0. The molecule has 19 heavy (non-hydrogen) atoms. The van der Waals surface area contributed by atoms with Crippen LogP contribution in [0.4, 0.5) is 4.79 Å². The van der Waals surface area contributed by atoms with Gasteiger partial charge in [-0.05, 0) is 6.07 Å². The number of aromatic amines is 1. The van der Waals surface area contributed by atoms with Crippen LogP contribution in [0.3, 0.4) is 0 Å². The number of fused-ring (bicyclic) bond motifs is 1. The number of rotatable bonds is 2. The average molecular weight is 258 g/mol. The average Bonchev–Trinajstić information content (AvgIpc) is 3.02. The first kappa shape index (κ1) is 11.8. The Bertz CT molecular complexity index is 632. The number of carbonyl (C=O) groups is 2. The normalized spacial score (nSPS) is 15.2. The number of para-hydroxylation sites is 1. The lowest BCUT2D eigenvalue weighted by Crippen LogP contribution is -2.29. The third-order valence-corrected chi connectivity index (χ3v) is 3.31. The van der Waals surface area contributed by atoms with Crippen LogP contribution >= 0.6 is 0 Å². The lowest BCUT2D eigenvalue weighted by Gasteiger charge is -2.13. The van der Waals surface area contributed by atoms with Gasteiger partial charge in [0.2, 0.25) is 0 Å². The molecule has 0 atom stereocenters. The van der Waals surface area contributed by atoms with Gasteiger partial charge in [0.25, 0.3) is 0 Å². The minimum Gasteiger partial charge on any atom is -0.444 e. The second kappa shape index (κ2) is 4.76. The fraction of sp³-hybridized carbons (Fsp3) is 0.286. The predicted octanol–water partition coefficient (Wildman–Crippen LogP) is 2.08. The highest BCUT2D eigenvalue weighted by Crippen LogP contribution is 2.19. The van der Waals surface area contributed by atoms with E-state index in [9.17, 15) is 9.59 Å². The van der Waals surface area contributed by atoms with Crippen LogP contribution in [0, 0.1) is 0 Å². The molecular weight excluding hydrogens is 244 g/mol. The number of benzene rings is 1. The first-order valence-corrected chi connectivity index (χ1v) is 6.22. The Morgan fingerprint density at radius 1 is 1.37 bits per heavy atom. The van der Waals surface area contributed by atoms with Crippen molar-refractivity contribution in [3.8, 4) is 0 Å². The third-order valence-electron chi connectivity index (χ3n) is 3.31. The summed E-state index contributed by atoms with van der Waals surface area (Å²) >= 11 is 0. The Balaban J connectivity index is 1.66. The van der Waals surface area contributed by atoms with Crippen LogP contribution in [0.25, 0.3) is 10.9 Å². The highest BCUT2D eigenvalue weighted by molar-refractivity contribution is 5.87. The SMILES string of the molecule is O=C1CCN(C(=O)OCc2c[nH]c3ccccc23)C1. The lowest BCUT2D eigenvalue weighted by molar-refractivity contribution is -0.116. The van der Waals surface area contributed by atoms with Crippen LogP contribution in [-0.4, -0.2) is 34.8 Å². The minimum atomic E-state index is -0.420. The fourth-order valence-electron chi connectivity index (χ4n) is 2.27. The van der Waals surface area contributed by atoms with E-state index in [0.29, 0.717) is 13.0 Å². The fourth-order valence-corrected chi connectivity index (χ4v) is 2.27. The Labute approximate surface area is 110 Å². The topological polar surface area (TPSA) is 62.4 Å². The van der Waals surface area contributed by atoms with Crippen molar-refractivity contribution < 1.29 is 14.3 Å². The highest BCUT2D eigenvalue weighted by atomic mass is 16.6. The van der Waals surface area contributed by atoms with Crippen molar-refractivity contribution >= 4 is 22.8 Å². The molecule has 1 aromatic heterocycles. The molecule has 0 saturated carbocycles. The molecule has 1 N–H and O–H groups in total. The van der Waals surface area contributed by atoms with E-state index in [0.717, 1.165) is 16.5 Å². The maximum Gasteiger partial charge on any atom is 0.410 e. The molecule has 2 heterocycles. The van der Waals surface area contributed by atoms with E-state index in [2.05, 4.69) is 4.98 Å². The highest BCUT2D eigenvalue weighted by Gasteiger charge is 2.25. The number of ketones is 1. The number of H-pyrrole nitrogens is 1. The molecule has 1 aliphatic rings. The number of aromatic nitrogens is 1. The Hall–Kier alpha value is -2.30. The number of likely N-dealkylation sites (tertiary alicyclic amines) is 1. The van der Waals surface area contributed by atoms with Crippen molar-refractivity contribution in [2.45, 2.75) is 13.0 Å². The number of hydrogen-bond donors (Lipinski definition) is 1. The molecule has 1 fully saturated rings. The molecule has 98 valence electrons. The number of nitrogens with zero attached hydrogens (tertiary/aromatic N) is 1. The molecule has 2 aromatic rings. The van der Waals surface area contributed by atoms with E-state index in [1.54, 1.807) is 0 Å². The van der Waals surface area contributed by atoms with Gasteiger partial charge in [-0.3, -0.25) is 4.79 Å². The van der Waals surface area contributed by atoms with Crippen LogP contribution in [0.2, 0.25) is 0 Å². The maximum atomic E-state index is 11.8. The standard InChI is InChI=1S/C14H14N2O3/c17-11-5-6-16(8-11)14(18)19-9-10-7-15-13-4-2-1-3-12(10)13/h1-4,7,15H,5-6,8-9H2. The van der Waals surface area contributed by atoms with Crippen molar-refractivity contribution in [3.05, 3.63) is 36.0 Å². The molecule has 3 rings (SSSR count). The number of amides is 1. The molecule has 5 heteroatoms. The minimum absolute atomic E-state index is 0.0871. The van der Waals surface area contributed by atoms with Gasteiger partial charge < -0.3 is 14.6 Å². The molecule has 0 aliphatic carbocycles. The van der Waals surface area contributed by atoms with Crippen molar-refractivity contribution in [2.24, 2.45) is 0 Å². The number of ether oxygens (including phenoxy) is 1. The summed E-state index contributed by atoms with van der Waals surface area (Å²) in [6.07, 6.45) is 1.85. The van der Waals surface area contributed by atoms with Gasteiger partial charge in [-0.2, -0.15) is 0 Å². The van der Waals surface area contributed by atoms with Gasteiger partial charge in [0.1, 0.15) is 6.61 Å². The molecule has 1 amide bonds. The van der Waals surface area contributed by atoms with E-state index < -0.39 is 6.09 Å². The number of nitrogens with one attached hydrogen (secondary N) is 1. The monoisotopic (exact) mass is 258 g/mol. The molecule has 0 radical (unpaired) electrons. The van der Waals surface area contributed by atoms with Gasteiger partial charge in [-0.15, -0.1) is 0 Å². The smallest absolute Gasteiger partial charge is 0.410 e. The third kappa shape index (κ3) is 2.31. The Morgan fingerprint density at radius 3 is 3.00 bits per heavy atom. The van der Waals surface area contributed by atoms with E-state index in [1.807, 2.05) is 30.5 Å². The van der Waals surface area contributed by atoms with Crippen LogP contribution in [-0.2, 0) is 16.1 Å². The Kier molecular flexibility index (Phi) is 2.95. The first-order chi connectivity index (χ1) is 9.24. The second-order valence-corrected chi connectivity index (χ2v) is 4.62. The van der Waals surface area contributed by atoms with E-state index in [4.69, 9.17) is 4.74 Å². The molecule has 1 aromatic carbocycles. The number of Topliss-reactive ketones (excluding diaryl/α,β-unsaturated/α-hetero) is 1. The van der Waals surface area contributed by atoms with Gasteiger partial charge in [-0.25, -0.2) is 4.79 Å². The van der Waals surface area contributed by atoms with Crippen LogP contribution < -0.4 is 0 Å². The maximum absolute atomic E-state index is 11.8. The summed E-state index contributed by atoms with van der Waals surface area (Å²) in [4.78, 5) is 27.4. The van der Waals surface area contributed by atoms with Crippen molar-refractivity contribution in [2.75, 3.05) is 13.1 Å². The van der Waals surface area contributed by atoms with Gasteiger partial charge in [-0.1, -0.05) is 18.2 Å². The molecule has 0 spiro atoms. The number of carbonyl (C=O) groups excluding carboxylic acids is 2. The zero-order valence-electron chi connectivity index (χ0n) is 10.4. The van der Waals surface area contributed by atoms with Crippen LogP contribution in [0.5, 0.6) is 0 Å². The zero-order chi connectivity index (χ0) is 13.2. The molecule has 0 bridgehead atoms. The summed E-state index contributed by atoms with van der Waals surface area (Å²) in [5.41, 5.74) is 1.96. The van der Waals surface area contributed by atoms with E-state index in [1.165, 1.54) is 4.90 Å². The summed E-state index contributed by atoms with van der Waals surface area (Å²) in [5, 5.41) is 1.05. The molecule has 1 saturated heterocycles. The summed E-state index contributed by atoms with van der Waals surface area (Å²) in [6, 6.07) is 7.85. The lowest BCUT2D eigenvalue weighted by atomic mass is 10.2. The largest absolute Gasteiger partial charge is 0.444 e. The van der Waals surface area contributed by atoms with E-state index >= 15 is 0 Å². The van der Waals surface area contributed by atoms with Gasteiger partial charge >= 0.3 is 6.09 Å². The van der Waals surface area contributed by atoms with Crippen molar-refractivity contribution in [1.29, 1.82) is 0 Å². The van der Waals surface area contributed by atoms with Gasteiger partial charge in [0.05, 0.1) is 6.54 Å². The summed E-state index contributed by atoms with van der Waals surface area (Å²) in [5.74, 6) is 0.0871. The molecule has 5 nitrogen and oxygen atoms in total. The Morgan fingerprint density at radius 2 is 2.21 bits per heavy atom.